The van der Waals surface area contributed by atoms with Crippen LogP contribution in [0.2, 0.25) is 5.02 Å². The molecule has 40 heavy (non-hydrogen) atoms. The van der Waals surface area contributed by atoms with E-state index in [2.05, 4.69) is 27.2 Å². The van der Waals surface area contributed by atoms with Gasteiger partial charge >= 0.3 is 0 Å². The lowest BCUT2D eigenvalue weighted by Crippen LogP contribution is -2.47. The summed E-state index contributed by atoms with van der Waals surface area (Å²) in [7, 11) is 1.68. The van der Waals surface area contributed by atoms with Crippen LogP contribution in [-0.4, -0.2) is 69.6 Å². The van der Waals surface area contributed by atoms with Gasteiger partial charge in [-0.15, -0.1) is 0 Å². The van der Waals surface area contributed by atoms with Gasteiger partial charge < -0.3 is 15.0 Å². The number of hydrogen-bond acceptors (Lipinski definition) is 6. The van der Waals surface area contributed by atoms with Gasteiger partial charge in [0.15, 0.2) is 0 Å². The summed E-state index contributed by atoms with van der Waals surface area (Å²) in [5, 5.41) is 3.62. The van der Waals surface area contributed by atoms with Crippen LogP contribution in [0.5, 0.6) is 5.75 Å². The molecule has 2 aliphatic rings. The Morgan fingerprint density at radius 1 is 1.02 bits per heavy atom. The number of anilines is 2. The number of para-hydroxylation sites is 1. The number of nitrogens with zero attached hydrogens (tertiary/aromatic N) is 3. The van der Waals surface area contributed by atoms with Gasteiger partial charge in [-0.05, 0) is 73.1 Å². The molecule has 7 nitrogen and oxygen atoms in total. The van der Waals surface area contributed by atoms with E-state index >= 15 is 0 Å². The first-order valence-corrected chi connectivity index (χ1v) is 14.6. The van der Waals surface area contributed by atoms with E-state index < -0.39 is 0 Å². The van der Waals surface area contributed by atoms with E-state index in [1.54, 1.807) is 18.1 Å². The first-order valence-electron chi connectivity index (χ1n) is 13.4. The number of rotatable bonds is 9. The number of thioether (sulfide) groups is 1. The highest BCUT2D eigenvalue weighted by molar-refractivity contribution is 8.04. The summed E-state index contributed by atoms with van der Waals surface area (Å²) in [6, 6.07) is 23.3. The zero-order valence-corrected chi connectivity index (χ0v) is 24.1. The summed E-state index contributed by atoms with van der Waals surface area (Å²) in [5.41, 5.74) is 2.81. The largest absolute Gasteiger partial charge is 0.497 e. The number of benzene rings is 3. The third-order valence-electron chi connectivity index (χ3n) is 7.06. The Morgan fingerprint density at radius 3 is 2.55 bits per heavy atom. The van der Waals surface area contributed by atoms with Crippen LogP contribution in [0.3, 0.4) is 0 Å². The average molecular weight is 577 g/mol. The second-order valence-electron chi connectivity index (χ2n) is 9.75. The summed E-state index contributed by atoms with van der Waals surface area (Å²) < 4.78 is 5.26. The molecule has 0 saturated carbocycles. The molecule has 9 heteroatoms. The van der Waals surface area contributed by atoms with Gasteiger partial charge in [-0.3, -0.25) is 19.4 Å². The second-order valence-corrected chi connectivity index (χ2v) is 11.3. The van der Waals surface area contributed by atoms with Gasteiger partial charge in [0.05, 0.1) is 17.7 Å². The summed E-state index contributed by atoms with van der Waals surface area (Å²) in [6.45, 7) is 5.38. The monoisotopic (exact) mass is 576 g/mol. The predicted octanol–water partition coefficient (Wildman–Crippen LogP) is 5.16. The highest BCUT2D eigenvalue weighted by Crippen LogP contribution is 2.42. The molecule has 5 rings (SSSR count). The van der Waals surface area contributed by atoms with Crippen molar-refractivity contribution in [3.05, 3.63) is 88.3 Å². The number of nitrogens with one attached hydrogen (secondary N) is 1. The van der Waals surface area contributed by atoms with Gasteiger partial charge in [0, 0.05) is 48.3 Å². The standard InChI is InChI=1S/C31H33ClN4O3S/c1-39-26-12-10-25(11-13-26)35-18-16-34(17-19-35)15-5-14-33-30(37)22-36-27-8-2-3-9-28(27)40-29(31(36)38)21-23-6-4-7-24(32)20-23/h2-4,6-13,20-21H,5,14-19,22H2,1H3,(H,33,37)/b29-21-. The van der Waals surface area contributed by atoms with Crippen molar-refractivity contribution in [3.8, 4) is 5.75 Å². The summed E-state index contributed by atoms with van der Waals surface area (Å²) >= 11 is 7.55. The fraction of sp³-hybridized carbons (Fsp3) is 0.290. The van der Waals surface area contributed by atoms with E-state index in [-0.39, 0.29) is 18.4 Å². The number of halogens is 1. The molecule has 0 aromatic heterocycles. The fourth-order valence-electron chi connectivity index (χ4n) is 4.92. The molecule has 2 heterocycles. The van der Waals surface area contributed by atoms with Crippen LogP contribution >= 0.6 is 23.4 Å². The van der Waals surface area contributed by atoms with Crippen LogP contribution in [0, 0.1) is 0 Å². The molecule has 2 aliphatic heterocycles. The van der Waals surface area contributed by atoms with Gasteiger partial charge in [-0.25, -0.2) is 0 Å². The number of carbonyl (C=O) groups is 2. The highest BCUT2D eigenvalue weighted by Gasteiger charge is 2.30. The summed E-state index contributed by atoms with van der Waals surface area (Å²) in [4.78, 5) is 34.2. The number of fused-ring (bicyclic) bond motifs is 1. The van der Waals surface area contributed by atoms with Crippen LogP contribution in [0.15, 0.2) is 82.6 Å². The van der Waals surface area contributed by atoms with Crippen molar-refractivity contribution >= 4 is 52.6 Å². The normalized spacial score (nSPS) is 16.6. The number of amides is 2. The van der Waals surface area contributed by atoms with Crippen molar-refractivity contribution in [2.75, 3.05) is 62.7 Å². The SMILES string of the molecule is COc1ccc(N2CCN(CCCNC(=O)CN3C(=O)/C(=C/c4cccc(Cl)c4)Sc4ccccc43)CC2)cc1. The molecule has 3 aromatic carbocycles. The minimum Gasteiger partial charge on any atom is -0.497 e. The average Bonchev–Trinajstić information content (AvgIpc) is 2.98. The summed E-state index contributed by atoms with van der Waals surface area (Å²) in [6.07, 6.45) is 2.68. The van der Waals surface area contributed by atoms with Gasteiger partial charge in [-0.2, -0.15) is 0 Å². The number of ether oxygens (including phenoxy) is 1. The van der Waals surface area contributed by atoms with E-state index in [4.69, 9.17) is 16.3 Å². The minimum atomic E-state index is -0.187. The lowest BCUT2D eigenvalue weighted by atomic mass is 10.2. The number of carbonyl (C=O) groups excluding carboxylic acids is 2. The van der Waals surface area contributed by atoms with E-state index in [0.29, 0.717) is 16.5 Å². The van der Waals surface area contributed by atoms with Crippen molar-refractivity contribution in [2.45, 2.75) is 11.3 Å². The van der Waals surface area contributed by atoms with Gasteiger partial charge in [0.1, 0.15) is 12.3 Å². The number of methoxy groups -OCH3 is 1. The second kappa shape index (κ2) is 13.3. The molecule has 0 aliphatic carbocycles. The maximum atomic E-state index is 13.4. The van der Waals surface area contributed by atoms with E-state index in [0.717, 1.165) is 61.0 Å². The molecule has 208 valence electrons. The first kappa shape index (κ1) is 28.1. The zero-order valence-electron chi connectivity index (χ0n) is 22.5. The maximum absolute atomic E-state index is 13.4. The van der Waals surface area contributed by atoms with Crippen molar-refractivity contribution in [1.29, 1.82) is 0 Å². The molecule has 3 aromatic rings. The lowest BCUT2D eigenvalue weighted by molar-refractivity contribution is -0.122. The summed E-state index contributed by atoms with van der Waals surface area (Å²) in [5.74, 6) is 0.515. The van der Waals surface area contributed by atoms with Crippen molar-refractivity contribution < 1.29 is 14.3 Å². The zero-order chi connectivity index (χ0) is 27.9. The van der Waals surface area contributed by atoms with Crippen molar-refractivity contribution in [1.82, 2.24) is 10.2 Å². The Hall–Kier alpha value is -3.46. The fourth-order valence-corrected chi connectivity index (χ4v) is 6.18. The third kappa shape index (κ3) is 6.99. The van der Waals surface area contributed by atoms with Crippen molar-refractivity contribution in [3.63, 3.8) is 0 Å². The number of piperazine rings is 1. The smallest absolute Gasteiger partial charge is 0.265 e. The molecule has 0 bridgehead atoms. The molecular weight excluding hydrogens is 544 g/mol. The molecule has 0 atom stereocenters. The Kier molecular flexibility index (Phi) is 9.31. The molecule has 2 amide bonds. The topological polar surface area (TPSA) is 65.1 Å². The maximum Gasteiger partial charge on any atom is 0.265 e. The van der Waals surface area contributed by atoms with Gasteiger partial charge in [0.2, 0.25) is 5.91 Å². The third-order valence-corrected chi connectivity index (χ3v) is 8.38. The first-order chi connectivity index (χ1) is 19.5. The molecule has 0 unspecified atom stereocenters. The van der Waals surface area contributed by atoms with Crippen LogP contribution in [-0.2, 0) is 9.59 Å². The van der Waals surface area contributed by atoms with Crippen LogP contribution < -0.4 is 19.9 Å². The van der Waals surface area contributed by atoms with E-state index in [9.17, 15) is 9.59 Å². The Labute approximate surface area is 244 Å². The molecular formula is C31H33ClN4O3S. The van der Waals surface area contributed by atoms with Gasteiger partial charge in [0.25, 0.3) is 5.91 Å². The Balaban J connectivity index is 1.11. The molecule has 0 spiro atoms. The van der Waals surface area contributed by atoms with Gasteiger partial charge in [-0.1, -0.05) is 47.6 Å². The quantitative estimate of drug-likeness (QED) is 0.280. The Morgan fingerprint density at radius 2 is 1.80 bits per heavy atom. The van der Waals surface area contributed by atoms with Crippen LogP contribution in [0.1, 0.15) is 12.0 Å². The van der Waals surface area contributed by atoms with Crippen molar-refractivity contribution in [2.24, 2.45) is 0 Å². The molecule has 1 fully saturated rings. The Bertz CT molecular complexity index is 1370. The van der Waals surface area contributed by atoms with Crippen LogP contribution in [0.25, 0.3) is 6.08 Å². The van der Waals surface area contributed by atoms with E-state index in [1.807, 2.05) is 60.7 Å². The highest BCUT2D eigenvalue weighted by atomic mass is 35.5. The molecule has 0 radical (unpaired) electrons. The predicted molar refractivity (Wildman–Crippen MR) is 163 cm³/mol. The number of hydrogen-bond donors (Lipinski definition) is 1. The van der Waals surface area contributed by atoms with Crippen LogP contribution in [0.4, 0.5) is 11.4 Å². The van der Waals surface area contributed by atoms with E-state index in [1.165, 1.54) is 17.4 Å². The lowest BCUT2D eigenvalue weighted by Gasteiger charge is -2.36. The minimum absolute atomic E-state index is 0.0240. The molecule has 1 saturated heterocycles. The molecule has 1 N–H and O–H groups in total.